The molecule has 25 heavy (non-hydrogen) atoms. The number of carbonyl (C=O) groups is 1. The minimum atomic E-state index is -0.165. The Morgan fingerprint density at radius 2 is 1.92 bits per heavy atom. The van der Waals surface area contributed by atoms with Crippen molar-refractivity contribution in [1.29, 1.82) is 0 Å². The fourth-order valence-electron chi connectivity index (χ4n) is 2.42. The summed E-state index contributed by atoms with van der Waals surface area (Å²) in [4.78, 5) is 16.8. The largest absolute Gasteiger partial charge is 0.377 e. The predicted octanol–water partition coefficient (Wildman–Crippen LogP) is 3.57. The first-order chi connectivity index (χ1) is 12.2. The number of hydrogen-bond acceptors (Lipinski definition) is 4. The Kier molecular flexibility index (Phi) is 5.20. The fourth-order valence-corrected chi connectivity index (χ4v) is 2.42. The third-order valence-corrected chi connectivity index (χ3v) is 3.73. The van der Waals surface area contributed by atoms with Gasteiger partial charge in [0.2, 0.25) is 0 Å². The second-order valence-electron chi connectivity index (χ2n) is 5.57. The number of aromatic amines is 1. The van der Waals surface area contributed by atoms with E-state index in [1.54, 1.807) is 12.1 Å². The summed E-state index contributed by atoms with van der Waals surface area (Å²) in [5.74, 6) is 1.20. The molecule has 3 rings (SSSR count). The number of ether oxygens (including phenoxy) is 1. The standard InChI is InChI=1S/C19H20N4O2/c1-3-25-12-16-6-4-5-7-17(16)21-19(24)15-10-8-14(9-11-15)18-20-13(2)22-23-18/h4-11H,3,12H2,1-2H3,(H,21,24)(H,20,22,23). The third kappa shape index (κ3) is 4.10. The van der Waals surface area contributed by atoms with Gasteiger partial charge >= 0.3 is 0 Å². The van der Waals surface area contributed by atoms with Gasteiger partial charge in [-0.05, 0) is 32.0 Å². The first kappa shape index (κ1) is 16.9. The van der Waals surface area contributed by atoms with Crippen LogP contribution >= 0.6 is 0 Å². The summed E-state index contributed by atoms with van der Waals surface area (Å²) in [7, 11) is 0. The molecular weight excluding hydrogens is 316 g/mol. The lowest BCUT2D eigenvalue weighted by molar-refractivity contribution is 0.102. The van der Waals surface area contributed by atoms with Crippen molar-refractivity contribution in [2.75, 3.05) is 11.9 Å². The van der Waals surface area contributed by atoms with Crippen LogP contribution in [0.25, 0.3) is 11.4 Å². The van der Waals surface area contributed by atoms with E-state index in [2.05, 4.69) is 20.5 Å². The highest BCUT2D eigenvalue weighted by Crippen LogP contribution is 2.19. The van der Waals surface area contributed by atoms with Crippen LogP contribution in [0.2, 0.25) is 0 Å². The quantitative estimate of drug-likeness (QED) is 0.721. The van der Waals surface area contributed by atoms with E-state index in [0.717, 1.165) is 22.6 Å². The van der Waals surface area contributed by atoms with Crippen LogP contribution in [0.1, 0.15) is 28.7 Å². The maximum Gasteiger partial charge on any atom is 0.255 e. The highest BCUT2D eigenvalue weighted by molar-refractivity contribution is 6.04. The number of H-pyrrole nitrogens is 1. The van der Waals surface area contributed by atoms with Crippen molar-refractivity contribution in [3.63, 3.8) is 0 Å². The van der Waals surface area contributed by atoms with Gasteiger partial charge in [0.05, 0.1) is 6.61 Å². The summed E-state index contributed by atoms with van der Waals surface area (Å²) >= 11 is 0. The van der Waals surface area contributed by atoms with Crippen molar-refractivity contribution in [3.05, 3.63) is 65.5 Å². The zero-order valence-corrected chi connectivity index (χ0v) is 14.2. The van der Waals surface area contributed by atoms with E-state index in [1.807, 2.05) is 50.2 Å². The molecule has 1 heterocycles. The van der Waals surface area contributed by atoms with Crippen molar-refractivity contribution in [2.45, 2.75) is 20.5 Å². The van der Waals surface area contributed by atoms with Crippen LogP contribution in [0.5, 0.6) is 0 Å². The van der Waals surface area contributed by atoms with E-state index in [4.69, 9.17) is 4.74 Å². The van der Waals surface area contributed by atoms with Gasteiger partial charge in [-0.15, -0.1) is 0 Å². The average molecular weight is 336 g/mol. The van der Waals surface area contributed by atoms with Crippen LogP contribution in [0.4, 0.5) is 5.69 Å². The second-order valence-corrected chi connectivity index (χ2v) is 5.57. The molecule has 1 amide bonds. The lowest BCUT2D eigenvalue weighted by Gasteiger charge is -2.11. The Balaban J connectivity index is 1.73. The molecule has 1 aromatic heterocycles. The molecule has 0 saturated carbocycles. The van der Waals surface area contributed by atoms with Crippen molar-refractivity contribution in [3.8, 4) is 11.4 Å². The molecule has 0 fully saturated rings. The van der Waals surface area contributed by atoms with Gasteiger partial charge in [0.1, 0.15) is 5.82 Å². The van der Waals surface area contributed by atoms with E-state index in [9.17, 15) is 4.79 Å². The summed E-state index contributed by atoms with van der Waals surface area (Å²) in [6, 6.07) is 14.8. The summed E-state index contributed by atoms with van der Waals surface area (Å²) in [6.07, 6.45) is 0. The third-order valence-electron chi connectivity index (χ3n) is 3.73. The maximum absolute atomic E-state index is 12.5. The smallest absolute Gasteiger partial charge is 0.255 e. The molecule has 6 heteroatoms. The van der Waals surface area contributed by atoms with Gasteiger partial charge < -0.3 is 10.1 Å². The Hall–Kier alpha value is -2.99. The van der Waals surface area contributed by atoms with Gasteiger partial charge in [-0.25, -0.2) is 4.98 Å². The molecule has 2 aromatic carbocycles. The van der Waals surface area contributed by atoms with E-state index < -0.39 is 0 Å². The number of aryl methyl sites for hydroxylation is 1. The fraction of sp³-hybridized carbons (Fsp3) is 0.211. The van der Waals surface area contributed by atoms with E-state index >= 15 is 0 Å². The van der Waals surface area contributed by atoms with E-state index in [-0.39, 0.29) is 5.91 Å². The van der Waals surface area contributed by atoms with E-state index in [0.29, 0.717) is 24.6 Å². The number of nitrogens with one attached hydrogen (secondary N) is 2. The minimum Gasteiger partial charge on any atom is -0.377 e. The SMILES string of the molecule is CCOCc1ccccc1NC(=O)c1ccc(-c2n[nH]c(C)n2)cc1. The lowest BCUT2D eigenvalue weighted by Crippen LogP contribution is -2.13. The molecule has 128 valence electrons. The minimum absolute atomic E-state index is 0.165. The average Bonchev–Trinajstić information content (AvgIpc) is 3.07. The van der Waals surface area contributed by atoms with Crippen LogP contribution in [-0.2, 0) is 11.3 Å². The zero-order chi connectivity index (χ0) is 17.6. The molecule has 0 atom stereocenters. The van der Waals surface area contributed by atoms with Gasteiger partial charge in [-0.3, -0.25) is 9.89 Å². The molecular formula is C19H20N4O2. The Morgan fingerprint density at radius 3 is 2.60 bits per heavy atom. The number of aromatic nitrogens is 3. The van der Waals surface area contributed by atoms with Gasteiger partial charge in [0, 0.05) is 29.0 Å². The Labute approximate surface area is 146 Å². The molecule has 0 unspecified atom stereocenters. The van der Waals surface area contributed by atoms with Crippen LogP contribution in [-0.4, -0.2) is 27.7 Å². The van der Waals surface area contributed by atoms with E-state index in [1.165, 1.54) is 0 Å². The second kappa shape index (κ2) is 7.72. The van der Waals surface area contributed by atoms with Gasteiger partial charge in [-0.1, -0.05) is 30.3 Å². The number of anilines is 1. The summed E-state index contributed by atoms with van der Waals surface area (Å²) < 4.78 is 5.45. The topological polar surface area (TPSA) is 79.9 Å². The highest BCUT2D eigenvalue weighted by Gasteiger charge is 2.10. The van der Waals surface area contributed by atoms with Crippen molar-refractivity contribution in [1.82, 2.24) is 15.2 Å². The Morgan fingerprint density at radius 1 is 1.16 bits per heavy atom. The molecule has 0 spiro atoms. The van der Waals surface area contributed by atoms with Gasteiger partial charge in [0.15, 0.2) is 5.82 Å². The molecule has 2 N–H and O–H groups in total. The van der Waals surface area contributed by atoms with Crippen LogP contribution in [0.3, 0.4) is 0 Å². The number of para-hydroxylation sites is 1. The molecule has 3 aromatic rings. The first-order valence-electron chi connectivity index (χ1n) is 8.14. The molecule has 0 radical (unpaired) electrons. The number of nitrogens with zero attached hydrogens (tertiary/aromatic N) is 2. The van der Waals surface area contributed by atoms with Crippen molar-refractivity contribution >= 4 is 11.6 Å². The number of hydrogen-bond donors (Lipinski definition) is 2. The van der Waals surface area contributed by atoms with Gasteiger partial charge in [-0.2, -0.15) is 5.10 Å². The highest BCUT2D eigenvalue weighted by atomic mass is 16.5. The number of benzene rings is 2. The summed E-state index contributed by atoms with van der Waals surface area (Å²) in [5, 5.41) is 9.87. The first-order valence-corrected chi connectivity index (χ1v) is 8.14. The lowest BCUT2D eigenvalue weighted by atomic mass is 10.1. The predicted molar refractivity (Wildman–Crippen MR) is 96.3 cm³/mol. The Bertz CT molecular complexity index is 856. The normalized spacial score (nSPS) is 10.6. The summed E-state index contributed by atoms with van der Waals surface area (Å²) in [6.45, 7) is 4.89. The molecule has 0 saturated heterocycles. The monoisotopic (exact) mass is 336 g/mol. The number of carbonyl (C=O) groups excluding carboxylic acids is 1. The van der Waals surface area contributed by atoms with Crippen LogP contribution in [0, 0.1) is 6.92 Å². The maximum atomic E-state index is 12.5. The van der Waals surface area contributed by atoms with Crippen molar-refractivity contribution in [2.24, 2.45) is 0 Å². The van der Waals surface area contributed by atoms with Crippen molar-refractivity contribution < 1.29 is 9.53 Å². The molecule has 0 aliphatic rings. The van der Waals surface area contributed by atoms with Crippen LogP contribution in [0.15, 0.2) is 48.5 Å². The molecule has 6 nitrogen and oxygen atoms in total. The summed E-state index contributed by atoms with van der Waals surface area (Å²) in [5.41, 5.74) is 3.14. The van der Waals surface area contributed by atoms with Crippen LogP contribution < -0.4 is 5.32 Å². The number of amides is 1. The molecule has 0 aliphatic heterocycles. The number of rotatable bonds is 6. The molecule has 0 bridgehead atoms. The van der Waals surface area contributed by atoms with Gasteiger partial charge in [0.25, 0.3) is 5.91 Å². The molecule has 0 aliphatic carbocycles. The zero-order valence-electron chi connectivity index (χ0n) is 14.2.